The van der Waals surface area contributed by atoms with Crippen molar-refractivity contribution in [2.75, 3.05) is 5.32 Å². The summed E-state index contributed by atoms with van der Waals surface area (Å²) in [5.74, 6) is -2.09. The van der Waals surface area contributed by atoms with Crippen LogP contribution in [-0.2, 0) is 11.8 Å². The van der Waals surface area contributed by atoms with Gasteiger partial charge in [0.25, 0.3) is 24.0 Å². The quantitative estimate of drug-likeness (QED) is 0.450. The van der Waals surface area contributed by atoms with Crippen LogP contribution in [0.25, 0.3) is 0 Å². The minimum atomic E-state index is -2.67. The maximum absolute atomic E-state index is 13.0. The van der Waals surface area contributed by atoms with Crippen LogP contribution in [0.4, 0.5) is 14.5 Å². The van der Waals surface area contributed by atoms with E-state index in [0.29, 0.717) is 36.9 Å². The van der Waals surface area contributed by atoms with Crippen molar-refractivity contribution in [1.29, 1.82) is 0 Å². The number of aromatic nitrogens is 1. The molecular weight excluding hydrogens is 432 g/mol. The third-order valence-corrected chi connectivity index (χ3v) is 6.45. The third-order valence-electron chi connectivity index (χ3n) is 6.45. The first-order valence-electron chi connectivity index (χ1n) is 10.8. The average Bonchev–Trinajstić information content (AvgIpc) is 2.98. The first-order chi connectivity index (χ1) is 15.4. The molecule has 0 saturated heterocycles. The van der Waals surface area contributed by atoms with Crippen molar-refractivity contribution < 1.29 is 28.3 Å². The maximum Gasteiger partial charge on any atom is 0.294 e. The molecule has 7 nitrogen and oxygen atoms in total. The highest BCUT2D eigenvalue weighted by Crippen LogP contribution is 2.29. The summed E-state index contributed by atoms with van der Waals surface area (Å²) in [6.45, 7) is 5.08. The van der Waals surface area contributed by atoms with Crippen LogP contribution < -0.4 is 10.6 Å². The van der Waals surface area contributed by atoms with E-state index in [9.17, 15) is 28.3 Å². The molecule has 3 rings (SSSR count). The van der Waals surface area contributed by atoms with Gasteiger partial charge in [-0.1, -0.05) is 12.1 Å². The number of benzene rings is 1. The van der Waals surface area contributed by atoms with Gasteiger partial charge in [0.2, 0.25) is 0 Å². The van der Waals surface area contributed by atoms with Crippen molar-refractivity contribution in [1.82, 2.24) is 9.88 Å². The van der Waals surface area contributed by atoms with Crippen LogP contribution in [0.1, 0.15) is 76.7 Å². The van der Waals surface area contributed by atoms with Crippen molar-refractivity contribution in [2.45, 2.75) is 64.5 Å². The van der Waals surface area contributed by atoms with Crippen molar-refractivity contribution in [3.63, 3.8) is 0 Å². The number of anilines is 1. The molecule has 0 unspecified atom stereocenters. The van der Waals surface area contributed by atoms with E-state index in [4.69, 9.17) is 0 Å². The number of carbonyl (C=O) groups is 3. The van der Waals surface area contributed by atoms with E-state index in [1.54, 1.807) is 20.9 Å². The van der Waals surface area contributed by atoms with Crippen LogP contribution in [0.3, 0.4) is 0 Å². The monoisotopic (exact) mass is 461 g/mol. The van der Waals surface area contributed by atoms with E-state index in [0.717, 1.165) is 0 Å². The molecule has 33 heavy (non-hydrogen) atoms. The molecule has 0 radical (unpaired) electrons. The second-order valence-corrected chi connectivity index (χ2v) is 8.95. The second kappa shape index (κ2) is 9.43. The Labute approximate surface area is 191 Å². The fourth-order valence-electron chi connectivity index (χ4n) is 4.38. The number of rotatable bonds is 6. The summed E-state index contributed by atoms with van der Waals surface area (Å²) in [6.07, 6.45) is -0.854. The van der Waals surface area contributed by atoms with Gasteiger partial charge in [-0.3, -0.25) is 14.4 Å². The standard InChI is InChI=1S/C24H29F2N3O4/c1-13-18(22(32)27-16-7-5-6-15(12-16)21(25)26)14(2)29(4)19(13)20(31)23(33)28-24(3)10-8-17(30)9-11-24/h5-7,12,17,21,30H,8-11H2,1-4H3,(H,27,32)(H,28,33)/t17-,24-. The molecule has 1 aromatic carbocycles. The van der Waals surface area contributed by atoms with E-state index < -0.39 is 35.7 Å². The van der Waals surface area contributed by atoms with Crippen molar-refractivity contribution >= 4 is 23.3 Å². The van der Waals surface area contributed by atoms with Crippen molar-refractivity contribution in [2.24, 2.45) is 7.05 Å². The molecule has 1 fully saturated rings. The summed E-state index contributed by atoms with van der Waals surface area (Å²) in [4.78, 5) is 38.8. The number of nitrogens with zero attached hydrogens (tertiary/aromatic N) is 1. The van der Waals surface area contributed by atoms with Gasteiger partial charge in [-0.2, -0.15) is 0 Å². The normalized spacial score (nSPS) is 20.5. The predicted molar refractivity (Wildman–Crippen MR) is 120 cm³/mol. The Morgan fingerprint density at radius 3 is 2.42 bits per heavy atom. The number of nitrogens with one attached hydrogen (secondary N) is 2. The molecule has 3 N–H and O–H groups in total. The number of ketones is 1. The van der Waals surface area contributed by atoms with Crippen LogP contribution in [0.5, 0.6) is 0 Å². The molecular formula is C24H29F2N3O4. The van der Waals surface area contributed by atoms with Gasteiger partial charge in [-0.25, -0.2) is 8.78 Å². The lowest BCUT2D eigenvalue weighted by Crippen LogP contribution is -2.51. The molecule has 1 heterocycles. The van der Waals surface area contributed by atoms with Gasteiger partial charge >= 0.3 is 0 Å². The van der Waals surface area contributed by atoms with Crippen LogP contribution in [0, 0.1) is 13.8 Å². The molecule has 2 amide bonds. The third kappa shape index (κ3) is 5.13. The van der Waals surface area contributed by atoms with Gasteiger partial charge in [-0.05, 0) is 64.2 Å². The van der Waals surface area contributed by atoms with Gasteiger partial charge in [-0.15, -0.1) is 0 Å². The Morgan fingerprint density at radius 2 is 1.82 bits per heavy atom. The zero-order valence-corrected chi connectivity index (χ0v) is 19.2. The molecule has 9 heteroatoms. The summed E-state index contributed by atoms with van der Waals surface area (Å²) in [6, 6.07) is 5.38. The van der Waals surface area contributed by atoms with Crippen LogP contribution in [0.15, 0.2) is 24.3 Å². The lowest BCUT2D eigenvalue weighted by Gasteiger charge is -2.36. The first-order valence-corrected chi connectivity index (χ1v) is 10.8. The number of aliphatic hydroxyl groups is 1. The van der Waals surface area contributed by atoms with Gasteiger partial charge < -0.3 is 20.3 Å². The van der Waals surface area contributed by atoms with Gasteiger partial charge in [0.15, 0.2) is 0 Å². The minimum Gasteiger partial charge on any atom is -0.393 e. The second-order valence-electron chi connectivity index (χ2n) is 8.95. The number of carbonyl (C=O) groups excluding carboxylic acids is 3. The van der Waals surface area contributed by atoms with Gasteiger partial charge in [0.05, 0.1) is 17.4 Å². The molecule has 1 saturated carbocycles. The highest BCUT2D eigenvalue weighted by Gasteiger charge is 2.35. The number of aliphatic hydroxyl groups excluding tert-OH is 1. The number of halogens is 2. The van der Waals surface area contributed by atoms with Crippen LogP contribution in [-0.4, -0.2) is 38.9 Å². The number of hydrogen-bond donors (Lipinski definition) is 3. The number of alkyl halides is 2. The fraction of sp³-hybridized carbons (Fsp3) is 0.458. The van der Waals surface area contributed by atoms with Crippen molar-refractivity contribution in [3.05, 3.63) is 52.3 Å². The van der Waals surface area contributed by atoms with E-state index in [1.807, 2.05) is 6.92 Å². The highest BCUT2D eigenvalue weighted by molar-refractivity contribution is 6.43. The molecule has 1 aliphatic rings. The molecule has 0 bridgehead atoms. The number of Topliss-reactive ketones (excluding diaryl/α,β-unsaturated/α-hetero) is 1. The fourth-order valence-corrected chi connectivity index (χ4v) is 4.38. The topological polar surface area (TPSA) is 100 Å². The van der Waals surface area contributed by atoms with E-state index >= 15 is 0 Å². The average molecular weight is 462 g/mol. The summed E-state index contributed by atoms with van der Waals surface area (Å²) in [7, 11) is 1.59. The highest BCUT2D eigenvalue weighted by atomic mass is 19.3. The van der Waals surface area contributed by atoms with E-state index in [-0.39, 0.29) is 22.5 Å². The molecule has 0 atom stereocenters. The maximum atomic E-state index is 13.0. The molecule has 1 aromatic heterocycles. The summed E-state index contributed by atoms with van der Waals surface area (Å²) < 4.78 is 27.4. The van der Waals surface area contributed by atoms with Crippen LogP contribution >= 0.6 is 0 Å². The Balaban J connectivity index is 1.82. The molecule has 2 aromatic rings. The zero-order chi connectivity index (χ0) is 24.5. The Kier molecular flexibility index (Phi) is 7.02. The van der Waals surface area contributed by atoms with Crippen LogP contribution in [0.2, 0.25) is 0 Å². The van der Waals surface area contributed by atoms with E-state index in [2.05, 4.69) is 10.6 Å². The lowest BCUT2D eigenvalue weighted by molar-refractivity contribution is -0.119. The van der Waals surface area contributed by atoms with Gasteiger partial charge in [0.1, 0.15) is 0 Å². The summed E-state index contributed by atoms with van der Waals surface area (Å²) >= 11 is 0. The first kappa shape index (κ1) is 24.6. The molecule has 178 valence electrons. The largest absolute Gasteiger partial charge is 0.393 e. The molecule has 0 aliphatic heterocycles. The number of hydrogen-bond acceptors (Lipinski definition) is 4. The van der Waals surface area contributed by atoms with Gasteiger partial charge in [0, 0.05) is 29.5 Å². The summed E-state index contributed by atoms with van der Waals surface area (Å²) in [5, 5.41) is 15.1. The minimum absolute atomic E-state index is 0.0934. The SMILES string of the molecule is Cc1c(C(=O)Nc2cccc(C(F)F)c2)c(C)n(C)c1C(=O)C(=O)N[C@]1(C)CC[C@@H](O)CC1. The smallest absolute Gasteiger partial charge is 0.294 e. The zero-order valence-electron chi connectivity index (χ0n) is 19.2. The van der Waals surface area contributed by atoms with E-state index in [1.165, 1.54) is 28.8 Å². The molecule has 0 spiro atoms. The Morgan fingerprint density at radius 1 is 1.18 bits per heavy atom. The number of amides is 2. The Hall–Kier alpha value is -3.07. The lowest BCUT2D eigenvalue weighted by atomic mass is 9.82. The summed E-state index contributed by atoms with van der Waals surface area (Å²) in [5.41, 5.74) is 0.513. The predicted octanol–water partition coefficient (Wildman–Crippen LogP) is 3.82. The van der Waals surface area contributed by atoms with Crippen molar-refractivity contribution in [3.8, 4) is 0 Å². The Bertz CT molecular complexity index is 1090. The molecule has 1 aliphatic carbocycles.